The van der Waals surface area contributed by atoms with Crippen LogP contribution in [0.15, 0.2) is 42.5 Å². The van der Waals surface area contributed by atoms with E-state index >= 15 is 0 Å². The van der Waals surface area contributed by atoms with Gasteiger partial charge in [0.1, 0.15) is 11.5 Å². The van der Waals surface area contributed by atoms with Gasteiger partial charge in [-0.25, -0.2) is 4.79 Å². The Hall–Kier alpha value is -2.61. The number of carbonyl (C=O) groups excluding carboxylic acids is 1. The minimum Gasteiger partial charge on any atom is -0.482 e. The van der Waals surface area contributed by atoms with Crippen molar-refractivity contribution in [2.24, 2.45) is 0 Å². The fourth-order valence-corrected chi connectivity index (χ4v) is 4.46. The molecule has 2 N–H and O–H groups in total. The molecule has 0 spiro atoms. The molecule has 0 bridgehead atoms. The van der Waals surface area contributed by atoms with Crippen LogP contribution in [-0.2, 0) is 27.1 Å². The van der Waals surface area contributed by atoms with Gasteiger partial charge < -0.3 is 29.4 Å². The van der Waals surface area contributed by atoms with Crippen molar-refractivity contribution in [3.63, 3.8) is 0 Å². The van der Waals surface area contributed by atoms with E-state index in [1.807, 2.05) is 36.4 Å². The summed E-state index contributed by atoms with van der Waals surface area (Å²) in [6.07, 6.45) is 5.20. The Kier molecular flexibility index (Phi) is 8.79. The van der Waals surface area contributed by atoms with E-state index in [0.29, 0.717) is 18.9 Å². The van der Waals surface area contributed by atoms with Crippen LogP contribution in [0.1, 0.15) is 55.4 Å². The van der Waals surface area contributed by atoms with Crippen LogP contribution >= 0.6 is 0 Å². The molecule has 1 fully saturated rings. The first-order valence-corrected chi connectivity index (χ1v) is 12.3. The molecule has 4 rings (SSSR count). The molecule has 184 valence electrons. The first kappa shape index (κ1) is 24.5. The molecule has 2 aromatic rings. The number of ether oxygens (including phenoxy) is 4. The molecule has 0 aromatic heterocycles. The molecular formula is C27H35NO6. The third-order valence-corrected chi connectivity index (χ3v) is 6.34. The topological polar surface area (TPSA) is 86.3 Å². The molecule has 7 nitrogen and oxygen atoms in total. The minimum absolute atomic E-state index is 0.0853. The molecule has 0 amide bonds. The second kappa shape index (κ2) is 12.2. The van der Waals surface area contributed by atoms with Crippen molar-refractivity contribution >= 4 is 5.97 Å². The van der Waals surface area contributed by atoms with Gasteiger partial charge in [-0.1, -0.05) is 18.2 Å². The van der Waals surface area contributed by atoms with Crippen molar-refractivity contribution in [1.29, 1.82) is 0 Å². The van der Waals surface area contributed by atoms with Crippen LogP contribution in [0.2, 0.25) is 0 Å². The summed E-state index contributed by atoms with van der Waals surface area (Å²) in [5, 5.41) is 14.2. The molecular weight excluding hydrogens is 434 g/mol. The highest BCUT2D eigenvalue weighted by Crippen LogP contribution is 2.27. The van der Waals surface area contributed by atoms with E-state index < -0.39 is 6.10 Å². The summed E-state index contributed by atoms with van der Waals surface area (Å²) in [5.74, 6) is 1.07. The van der Waals surface area contributed by atoms with E-state index in [9.17, 15) is 9.90 Å². The lowest BCUT2D eigenvalue weighted by molar-refractivity contribution is -0.145. The SMILES string of the molecule is CCOC(=O)COc1ccc2c(c1)C[C@@H](NC[C@@H](O)c1ccc(OC3CCCCO3)cc1)CC2. The van der Waals surface area contributed by atoms with Crippen LogP contribution in [0, 0.1) is 0 Å². The number of aliphatic hydroxyl groups is 1. The van der Waals surface area contributed by atoms with E-state index in [1.54, 1.807) is 6.92 Å². The van der Waals surface area contributed by atoms with E-state index in [1.165, 1.54) is 11.1 Å². The summed E-state index contributed by atoms with van der Waals surface area (Å²) in [6, 6.07) is 13.9. The Labute approximate surface area is 201 Å². The predicted molar refractivity (Wildman–Crippen MR) is 128 cm³/mol. The average molecular weight is 470 g/mol. The van der Waals surface area contributed by atoms with E-state index in [2.05, 4.69) is 11.4 Å². The molecule has 1 heterocycles. The lowest BCUT2D eigenvalue weighted by atomic mass is 9.88. The van der Waals surface area contributed by atoms with Gasteiger partial charge in [0.15, 0.2) is 12.9 Å². The van der Waals surface area contributed by atoms with Crippen molar-refractivity contribution in [2.45, 2.75) is 63.9 Å². The number of aliphatic hydroxyl groups excluding tert-OH is 1. The largest absolute Gasteiger partial charge is 0.482 e. The maximum atomic E-state index is 11.5. The Morgan fingerprint density at radius 3 is 2.71 bits per heavy atom. The number of benzene rings is 2. The van der Waals surface area contributed by atoms with Gasteiger partial charge in [-0.3, -0.25) is 0 Å². The van der Waals surface area contributed by atoms with Crippen molar-refractivity contribution in [1.82, 2.24) is 5.32 Å². The molecule has 7 heteroatoms. The van der Waals surface area contributed by atoms with Crippen molar-refractivity contribution in [3.05, 3.63) is 59.2 Å². The lowest BCUT2D eigenvalue weighted by Crippen LogP contribution is -2.37. The van der Waals surface area contributed by atoms with Crippen molar-refractivity contribution < 1.29 is 28.8 Å². The molecule has 1 saturated heterocycles. The molecule has 1 aliphatic heterocycles. The number of rotatable bonds is 10. The van der Waals surface area contributed by atoms with Gasteiger partial charge in [0.2, 0.25) is 0 Å². The monoisotopic (exact) mass is 469 g/mol. The first-order chi connectivity index (χ1) is 16.6. The quantitative estimate of drug-likeness (QED) is 0.513. The number of hydrogen-bond acceptors (Lipinski definition) is 7. The van der Waals surface area contributed by atoms with E-state index in [0.717, 1.165) is 56.4 Å². The summed E-state index contributed by atoms with van der Waals surface area (Å²) in [6.45, 7) is 3.26. The third-order valence-electron chi connectivity index (χ3n) is 6.34. The van der Waals surface area contributed by atoms with E-state index in [4.69, 9.17) is 18.9 Å². The summed E-state index contributed by atoms with van der Waals surface area (Å²) in [5.41, 5.74) is 3.38. The fraction of sp³-hybridized carbons (Fsp3) is 0.519. The summed E-state index contributed by atoms with van der Waals surface area (Å²) in [4.78, 5) is 11.5. The first-order valence-electron chi connectivity index (χ1n) is 12.3. The van der Waals surface area contributed by atoms with Gasteiger partial charge in [-0.05, 0) is 80.0 Å². The Morgan fingerprint density at radius 2 is 1.94 bits per heavy atom. The number of carbonyl (C=O) groups is 1. The predicted octanol–water partition coefficient (Wildman–Crippen LogP) is 3.71. The average Bonchev–Trinajstić information content (AvgIpc) is 2.87. The zero-order valence-corrected chi connectivity index (χ0v) is 19.8. The Balaban J connectivity index is 1.25. The summed E-state index contributed by atoms with van der Waals surface area (Å²) in [7, 11) is 0. The van der Waals surface area contributed by atoms with Gasteiger partial charge in [0.05, 0.1) is 19.3 Å². The molecule has 0 saturated carbocycles. The van der Waals surface area contributed by atoms with Gasteiger partial charge in [0.25, 0.3) is 0 Å². The van der Waals surface area contributed by atoms with Crippen molar-refractivity contribution in [2.75, 3.05) is 26.4 Å². The normalized spacial score (nSPS) is 20.8. The van der Waals surface area contributed by atoms with E-state index in [-0.39, 0.29) is 24.9 Å². The highest BCUT2D eigenvalue weighted by atomic mass is 16.7. The lowest BCUT2D eigenvalue weighted by Gasteiger charge is -2.27. The van der Waals surface area contributed by atoms with Crippen molar-refractivity contribution in [3.8, 4) is 11.5 Å². The standard InChI is InChI=1S/C27H35NO6/c1-2-31-26(30)18-33-24-13-7-19-6-10-22(15-21(19)16-24)28-17-25(29)20-8-11-23(12-9-20)34-27-5-3-4-14-32-27/h7-9,11-13,16,22,25,27-29H,2-6,10,14-15,17-18H2,1H3/t22-,25+,27?/m0/s1. The van der Waals surface area contributed by atoms with Gasteiger partial charge >= 0.3 is 5.97 Å². The molecule has 1 aliphatic carbocycles. The third kappa shape index (κ3) is 6.95. The molecule has 34 heavy (non-hydrogen) atoms. The zero-order valence-electron chi connectivity index (χ0n) is 19.8. The smallest absolute Gasteiger partial charge is 0.344 e. The fourth-order valence-electron chi connectivity index (χ4n) is 4.46. The molecule has 2 aromatic carbocycles. The molecule has 3 atom stereocenters. The zero-order chi connectivity index (χ0) is 23.8. The highest BCUT2D eigenvalue weighted by molar-refractivity contribution is 5.71. The maximum Gasteiger partial charge on any atom is 0.344 e. The summed E-state index contributed by atoms with van der Waals surface area (Å²) < 4.78 is 22.0. The van der Waals surface area contributed by atoms with Crippen LogP contribution in [0.4, 0.5) is 0 Å². The number of hydrogen-bond donors (Lipinski definition) is 2. The molecule has 2 aliphatic rings. The maximum absolute atomic E-state index is 11.5. The number of fused-ring (bicyclic) bond motifs is 1. The van der Waals surface area contributed by atoms with Gasteiger partial charge in [-0.2, -0.15) is 0 Å². The number of nitrogens with one attached hydrogen (secondary N) is 1. The van der Waals surface area contributed by atoms with Gasteiger partial charge in [-0.15, -0.1) is 0 Å². The number of aryl methyl sites for hydroxylation is 1. The van der Waals surface area contributed by atoms with Crippen LogP contribution in [0.5, 0.6) is 11.5 Å². The molecule has 0 radical (unpaired) electrons. The van der Waals surface area contributed by atoms with Crippen LogP contribution in [-0.4, -0.2) is 49.8 Å². The Bertz CT molecular complexity index is 925. The van der Waals surface area contributed by atoms with Gasteiger partial charge in [0, 0.05) is 19.0 Å². The second-order valence-electron chi connectivity index (χ2n) is 8.87. The second-order valence-corrected chi connectivity index (χ2v) is 8.87. The number of esters is 1. The molecule has 1 unspecified atom stereocenters. The van der Waals surface area contributed by atoms with Crippen LogP contribution < -0.4 is 14.8 Å². The van der Waals surface area contributed by atoms with Crippen LogP contribution in [0.25, 0.3) is 0 Å². The minimum atomic E-state index is -0.597. The van der Waals surface area contributed by atoms with Crippen LogP contribution in [0.3, 0.4) is 0 Å². The summed E-state index contributed by atoms with van der Waals surface area (Å²) >= 11 is 0. The highest BCUT2D eigenvalue weighted by Gasteiger charge is 2.21. The Morgan fingerprint density at radius 1 is 1.12 bits per heavy atom.